The molecule has 3 N–H and O–H groups in total. The van der Waals surface area contributed by atoms with E-state index in [1.807, 2.05) is 0 Å². The zero-order chi connectivity index (χ0) is 11.8. The van der Waals surface area contributed by atoms with Crippen LogP contribution in [0.25, 0.3) is 22.6 Å². The molecule has 0 aliphatic heterocycles. The highest BCUT2D eigenvalue weighted by molar-refractivity contribution is 5.86. The van der Waals surface area contributed by atoms with E-state index in [-0.39, 0.29) is 5.82 Å². The number of pyridine rings is 1. The van der Waals surface area contributed by atoms with Crippen LogP contribution < -0.4 is 5.73 Å². The van der Waals surface area contributed by atoms with Crippen LogP contribution in [-0.2, 0) is 0 Å². The smallest absolute Gasteiger partial charge is 0.180 e. The van der Waals surface area contributed by atoms with Crippen LogP contribution in [0.15, 0.2) is 36.5 Å². The molecule has 2 aromatic heterocycles. The van der Waals surface area contributed by atoms with Gasteiger partial charge in [-0.1, -0.05) is 12.1 Å². The second-order valence-electron chi connectivity index (χ2n) is 3.69. The SMILES string of the molecule is Nc1ccnc2nc(-c3cccc(F)c3)[nH]c12. The predicted octanol–water partition coefficient (Wildman–Crippen LogP) is 2.35. The number of aromatic amines is 1. The van der Waals surface area contributed by atoms with Crippen molar-refractivity contribution in [1.82, 2.24) is 15.0 Å². The molecule has 0 aliphatic rings. The number of fused-ring (bicyclic) bond motifs is 1. The van der Waals surface area contributed by atoms with Crippen molar-refractivity contribution in [2.45, 2.75) is 0 Å². The lowest BCUT2D eigenvalue weighted by Crippen LogP contribution is -1.87. The lowest BCUT2D eigenvalue weighted by atomic mass is 10.2. The normalized spacial score (nSPS) is 10.9. The van der Waals surface area contributed by atoms with Gasteiger partial charge in [-0.2, -0.15) is 0 Å². The molecule has 2 heterocycles. The first-order valence-electron chi connectivity index (χ1n) is 5.10. The van der Waals surface area contributed by atoms with Crippen molar-refractivity contribution in [3.8, 4) is 11.4 Å². The largest absolute Gasteiger partial charge is 0.397 e. The van der Waals surface area contributed by atoms with E-state index >= 15 is 0 Å². The van der Waals surface area contributed by atoms with E-state index in [4.69, 9.17) is 5.73 Å². The number of rotatable bonds is 1. The third-order valence-electron chi connectivity index (χ3n) is 2.52. The van der Waals surface area contributed by atoms with Crippen LogP contribution in [0.2, 0.25) is 0 Å². The first-order chi connectivity index (χ1) is 8.24. The van der Waals surface area contributed by atoms with E-state index in [1.165, 1.54) is 12.1 Å². The van der Waals surface area contributed by atoms with Gasteiger partial charge >= 0.3 is 0 Å². The van der Waals surface area contributed by atoms with Gasteiger partial charge in [0.05, 0.1) is 5.69 Å². The minimum absolute atomic E-state index is 0.302. The monoisotopic (exact) mass is 228 g/mol. The molecule has 1 aromatic carbocycles. The van der Waals surface area contributed by atoms with Crippen molar-refractivity contribution < 1.29 is 4.39 Å². The van der Waals surface area contributed by atoms with Gasteiger partial charge in [0, 0.05) is 11.8 Å². The predicted molar refractivity (Wildman–Crippen MR) is 63.7 cm³/mol. The number of nitrogens with one attached hydrogen (secondary N) is 1. The Balaban J connectivity index is 2.22. The Bertz CT molecular complexity index is 690. The van der Waals surface area contributed by atoms with Gasteiger partial charge in [-0.3, -0.25) is 0 Å². The molecule has 0 aliphatic carbocycles. The Kier molecular flexibility index (Phi) is 2.04. The summed E-state index contributed by atoms with van der Waals surface area (Å²) in [5.41, 5.74) is 8.24. The molecule has 0 unspecified atom stereocenters. The third kappa shape index (κ3) is 1.61. The highest BCUT2D eigenvalue weighted by Gasteiger charge is 2.08. The van der Waals surface area contributed by atoms with Gasteiger partial charge in [-0.25, -0.2) is 14.4 Å². The van der Waals surface area contributed by atoms with Crippen molar-refractivity contribution in [3.05, 3.63) is 42.3 Å². The molecular weight excluding hydrogens is 219 g/mol. The zero-order valence-electron chi connectivity index (χ0n) is 8.81. The number of halogens is 1. The van der Waals surface area contributed by atoms with Crippen LogP contribution in [0.3, 0.4) is 0 Å². The summed E-state index contributed by atoms with van der Waals surface area (Å²) in [4.78, 5) is 11.4. The first kappa shape index (κ1) is 9.77. The maximum atomic E-state index is 13.1. The van der Waals surface area contributed by atoms with Crippen LogP contribution in [-0.4, -0.2) is 15.0 Å². The van der Waals surface area contributed by atoms with Crippen LogP contribution >= 0.6 is 0 Å². The second-order valence-corrected chi connectivity index (χ2v) is 3.69. The number of nitrogens with two attached hydrogens (primary N) is 1. The Labute approximate surface area is 96.3 Å². The van der Waals surface area contributed by atoms with E-state index in [9.17, 15) is 4.39 Å². The van der Waals surface area contributed by atoms with Crippen LogP contribution in [0, 0.1) is 5.82 Å². The minimum atomic E-state index is -0.302. The van der Waals surface area contributed by atoms with Gasteiger partial charge in [0.1, 0.15) is 17.2 Å². The third-order valence-corrected chi connectivity index (χ3v) is 2.52. The lowest BCUT2D eigenvalue weighted by molar-refractivity contribution is 0.628. The van der Waals surface area contributed by atoms with Crippen LogP contribution in [0.5, 0.6) is 0 Å². The summed E-state index contributed by atoms with van der Waals surface area (Å²) >= 11 is 0. The highest BCUT2D eigenvalue weighted by Crippen LogP contribution is 2.22. The number of nitrogens with zero attached hydrogens (tertiary/aromatic N) is 2. The van der Waals surface area contributed by atoms with Crippen molar-refractivity contribution in [2.24, 2.45) is 0 Å². The van der Waals surface area contributed by atoms with E-state index < -0.39 is 0 Å². The molecule has 0 saturated heterocycles. The fourth-order valence-electron chi connectivity index (χ4n) is 1.70. The summed E-state index contributed by atoms with van der Waals surface area (Å²) in [6, 6.07) is 7.90. The topological polar surface area (TPSA) is 67.6 Å². The zero-order valence-corrected chi connectivity index (χ0v) is 8.81. The summed E-state index contributed by atoms with van der Waals surface area (Å²) in [7, 11) is 0. The first-order valence-corrected chi connectivity index (χ1v) is 5.10. The quantitative estimate of drug-likeness (QED) is 0.671. The second kappa shape index (κ2) is 3.55. The van der Waals surface area contributed by atoms with Gasteiger partial charge in [0.25, 0.3) is 0 Å². The van der Waals surface area contributed by atoms with E-state index in [2.05, 4.69) is 15.0 Å². The molecule has 5 heteroatoms. The number of benzene rings is 1. The maximum Gasteiger partial charge on any atom is 0.180 e. The number of aromatic nitrogens is 3. The number of H-pyrrole nitrogens is 1. The van der Waals surface area contributed by atoms with Gasteiger partial charge in [-0.05, 0) is 18.2 Å². The van der Waals surface area contributed by atoms with Gasteiger partial charge in [-0.15, -0.1) is 0 Å². The van der Waals surface area contributed by atoms with Crippen molar-refractivity contribution in [1.29, 1.82) is 0 Å². The fourth-order valence-corrected chi connectivity index (χ4v) is 1.70. The maximum absolute atomic E-state index is 13.1. The Morgan fingerprint density at radius 1 is 1.24 bits per heavy atom. The average Bonchev–Trinajstić information content (AvgIpc) is 2.74. The minimum Gasteiger partial charge on any atom is -0.397 e. The lowest BCUT2D eigenvalue weighted by Gasteiger charge is -1.95. The Morgan fingerprint density at radius 2 is 2.12 bits per heavy atom. The molecule has 0 amide bonds. The molecule has 3 rings (SSSR count). The molecule has 0 bridgehead atoms. The Hall–Kier alpha value is -2.43. The van der Waals surface area contributed by atoms with Crippen LogP contribution in [0.1, 0.15) is 0 Å². The van der Waals surface area contributed by atoms with E-state index in [0.29, 0.717) is 28.2 Å². The average molecular weight is 228 g/mol. The van der Waals surface area contributed by atoms with Gasteiger partial charge < -0.3 is 10.7 Å². The summed E-state index contributed by atoms with van der Waals surface area (Å²) < 4.78 is 13.1. The fraction of sp³-hybridized carbons (Fsp3) is 0. The molecular formula is C12H9FN4. The summed E-state index contributed by atoms with van der Waals surface area (Å²) in [5.74, 6) is 0.258. The summed E-state index contributed by atoms with van der Waals surface area (Å²) in [5, 5.41) is 0. The number of imidazole rings is 1. The molecule has 17 heavy (non-hydrogen) atoms. The molecule has 0 atom stereocenters. The van der Waals surface area contributed by atoms with Crippen molar-refractivity contribution in [2.75, 3.05) is 5.73 Å². The Morgan fingerprint density at radius 3 is 2.88 bits per heavy atom. The number of anilines is 1. The standard InChI is InChI=1S/C12H9FN4/c13-8-3-1-2-7(6-8)11-16-10-9(14)4-5-15-12(10)17-11/h1-6H,(H3,14,15,16,17). The molecule has 0 radical (unpaired) electrons. The summed E-state index contributed by atoms with van der Waals surface area (Å²) in [6.07, 6.45) is 1.59. The van der Waals surface area contributed by atoms with E-state index in [1.54, 1.807) is 24.4 Å². The molecule has 0 fully saturated rings. The van der Waals surface area contributed by atoms with Crippen molar-refractivity contribution in [3.63, 3.8) is 0 Å². The number of hydrogen-bond donors (Lipinski definition) is 2. The number of nitrogen functional groups attached to an aromatic ring is 1. The molecule has 0 spiro atoms. The summed E-state index contributed by atoms with van der Waals surface area (Å²) in [6.45, 7) is 0. The van der Waals surface area contributed by atoms with E-state index in [0.717, 1.165) is 0 Å². The molecule has 3 aromatic rings. The van der Waals surface area contributed by atoms with Crippen LogP contribution in [0.4, 0.5) is 10.1 Å². The van der Waals surface area contributed by atoms with Gasteiger partial charge in [0.15, 0.2) is 5.65 Å². The number of hydrogen-bond acceptors (Lipinski definition) is 3. The molecule has 0 saturated carbocycles. The molecule has 4 nitrogen and oxygen atoms in total. The van der Waals surface area contributed by atoms with Gasteiger partial charge in [0.2, 0.25) is 0 Å². The molecule has 84 valence electrons. The van der Waals surface area contributed by atoms with Crippen molar-refractivity contribution >= 4 is 16.9 Å². The highest BCUT2D eigenvalue weighted by atomic mass is 19.1.